The molecular formula is C21H21N3O2. The van der Waals surface area contributed by atoms with Gasteiger partial charge >= 0.3 is 0 Å². The Balaban J connectivity index is 1.80. The normalized spacial score (nSPS) is 14.4. The van der Waals surface area contributed by atoms with E-state index in [2.05, 4.69) is 22.0 Å². The Morgan fingerprint density at radius 3 is 2.46 bits per heavy atom. The lowest BCUT2D eigenvalue weighted by atomic mass is 10.1. The minimum absolute atomic E-state index is 0.0352. The molecule has 2 heterocycles. The number of imidazole rings is 1. The van der Waals surface area contributed by atoms with Crippen molar-refractivity contribution in [3.63, 3.8) is 0 Å². The molecule has 1 aliphatic heterocycles. The maximum absolute atomic E-state index is 12.1. The van der Waals surface area contributed by atoms with E-state index in [1.807, 2.05) is 47.0 Å². The number of anilines is 1. The van der Waals surface area contributed by atoms with Crippen molar-refractivity contribution < 1.29 is 9.53 Å². The molecule has 3 aromatic rings. The fraction of sp³-hybridized carbons (Fsp3) is 0.238. The van der Waals surface area contributed by atoms with Crippen molar-refractivity contribution in [3.05, 3.63) is 66.6 Å². The van der Waals surface area contributed by atoms with Crippen molar-refractivity contribution in [2.45, 2.75) is 6.92 Å². The summed E-state index contributed by atoms with van der Waals surface area (Å²) < 4.78 is 7.44. The summed E-state index contributed by atoms with van der Waals surface area (Å²) in [5.74, 6) is -0.0352. The maximum atomic E-state index is 12.1. The first kappa shape index (κ1) is 16.5. The first-order chi connectivity index (χ1) is 12.7. The van der Waals surface area contributed by atoms with E-state index in [1.165, 1.54) is 0 Å². The van der Waals surface area contributed by atoms with Gasteiger partial charge in [-0.2, -0.15) is 0 Å². The quantitative estimate of drug-likeness (QED) is 0.677. The molecule has 1 aromatic heterocycles. The van der Waals surface area contributed by atoms with Gasteiger partial charge in [-0.1, -0.05) is 36.4 Å². The molecule has 0 aliphatic carbocycles. The summed E-state index contributed by atoms with van der Waals surface area (Å²) in [6.07, 6.45) is 1.73. The molecule has 1 aliphatic rings. The number of morpholine rings is 1. The van der Waals surface area contributed by atoms with Gasteiger partial charge < -0.3 is 9.64 Å². The van der Waals surface area contributed by atoms with Gasteiger partial charge in [-0.25, -0.2) is 4.98 Å². The maximum Gasteiger partial charge on any atom is 0.180 e. The average molecular weight is 347 g/mol. The molecule has 0 spiro atoms. The van der Waals surface area contributed by atoms with E-state index >= 15 is 0 Å². The Labute approximate surface area is 152 Å². The van der Waals surface area contributed by atoms with Gasteiger partial charge in [0.15, 0.2) is 5.78 Å². The van der Waals surface area contributed by atoms with Gasteiger partial charge in [-0.05, 0) is 18.2 Å². The third-order valence-corrected chi connectivity index (χ3v) is 4.63. The lowest BCUT2D eigenvalue weighted by Gasteiger charge is -2.29. The van der Waals surface area contributed by atoms with Gasteiger partial charge in [0, 0.05) is 37.0 Å². The number of aromatic nitrogens is 2. The van der Waals surface area contributed by atoms with Crippen LogP contribution in [0.2, 0.25) is 0 Å². The molecule has 0 saturated carbocycles. The summed E-state index contributed by atoms with van der Waals surface area (Å²) in [6, 6.07) is 18.3. The van der Waals surface area contributed by atoms with Crippen LogP contribution in [0.1, 0.15) is 17.4 Å². The molecule has 2 aromatic carbocycles. The van der Waals surface area contributed by atoms with E-state index in [9.17, 15) is 4.79 Å². The summed E-state index contributed by atoms with van der Waals surface area (Å²) in [5.41, 5.74) is 4.45. The molecule has 1 fully saturated rings. The van der Waals surface area contributed by atoms with Crippen molar-refractivity contribution >= 4 is 11.5 Å². The summed E-state index contributed by atoms with van der Waals surface area (Å²) in [7, 11) is 0. The van der Waals surface area contributed by atoms with Gasteiger partial charge in [0.1, 0.15) is 12.0 Å². The number of nitrogens with zero attached hydrogens (tertiary/aromatic N) is 3. The SMILES string of the molecule is CC(=O)c1ncn(-c2cccc(N3CCOCC3)c2)c1-c1ccccc1. The highest BCUT2D eigenvalue weighted by molar-refractivity contribution is 5.98. The number of carbonyl (C=O) groups is 1. The number of ether oxygens (including phenoxy) is 1. The van der Waals surface area contributed by atoms with Crippen LogP contribution in [0.5, 0.6) is 0 Å². The van der Waals surface area contributed by atoms with E-state index in [0.717, 1.165) is 48.9 Å². The summed E-state index contributed by atoms with van der Waals surface area (Å²) in [4.78, 5) is 18.8. The Morgan fingerprint density at radius 2 is 1.73 bits per heavy atom. The molecule has 0 unspecified atom stereocenters. The van der Waals surface area contributed by atoms with E-state index < -0.39 is 0 Å². The Bertz CT molecular complexity index is 912. The zero-order valence-corrected chi connectivity index (χ0v) is 14.8. The predicted molar refractivity (Wildman–Crippen MR) is 102 cm³/mol. The summed E-state index contributed by atoms with van der Waals surface area (Å²) >= 11 is 0. The lowest BCUT2D eigenvalue weighted by molar-refractivity contribution is 0.101. The first-order valence-corrected chi connectivity index (χ1v) is 8.81. The van der Waals surface area contributed by atoms with Gasteiger partial charge in [-0.15, -0.1) is 0 Å². The second-order valence-electron chi connectivity index (χ2n) is 6.35. The third kappa shape index (κ3) is 3.13. The topological polar surface area (TPSA) is 47.4 Å². The second-order valence-corrected chi connectivity index (χ2v) is 6.35. The van der Waals surface area contributed by atoms with Gasteiger partial charge in [-0.3, -0.25) is 9.36 Å². The number of Topliss-reactive ketones (excluding diaryl/α,β-unsaturated/α-hetero) is 1. The van der Waals surface area contributed by atoms with E-state index in [4.69, 9.17) is 4.74 Å². The smallest absolute Gasteiger partial charge is 0.180 e. The average Bonchev–Trinajstić information content (AvgIpc) is 3.15. The number of ketones is 1. The Hall–Kier alpha value is -2.92. The van der Waals surface area contributed by atoms with Crippen LogP contribution in [0.4, 0.5) is 5.69 Å². The Kier molecular flexibility index (Phi) is 4.54. The zero-order valence-electron chi connectivity index (χ0n) is 14.8. The van der Waals surface area contributed by atoms with Crippen LogP contribution in [0.25, 0.3) is 16.9 Å². The van der Waals surface area contributed by atoms with Gasteiger partial charge in [0.25, 0.3) is 0 Å². The van der Waals surface area contributed by atoms with Crippen LogP contribution in [0, 0.1) is 0 Å². The standard InChI is InChI=1S/C21H21N3O2/c1-16(25)20-21(17-6-3-2-4-7-17)24(15-22-20)19-9-5-8-18(14-19)23-10-12-26-13-11-23/h2-9,14-15H,10-13H2,1H3. The van der Waals surface area contributed by atoms with Gasteiger partial charge in [0.05, 0.1) is 18.9 Å². The minimum Gasteiger partial charge on any atom is -0.378 e. The van der Waals surface area contributed by atoms with Crippen molar-refractivity contribution in [3.8, 4) is 16.9 Å². The molecule has 132 valence electrons. The predicted octanol–water partition coefficient (Wildman–Crippen LogP) is 3.58. The van der Waals surface area contributed by atoms with Crippen LogP contribution in [0.3, 0.4) is 0 Å². The van der Waals surface area contributed by atoms with Crippen molar-refractivity contribution in [2.24, 2.45) is 0 Å². The molecule has 0 radical (unpaired) electrons. The molecule has 0 atom stereocenters. The van der Waals surface area contributed by atoms with Crippen LogP contribution < -0.4 is 4.90 Å². The van der Waals surface area contributed by atoms with Crippen LogP contribution in [-0.4, -0.2) is 41.6 Å². The lowest BCUT2D eigenvalue weighted by Crippen LogP contribution is -2.36. The highest BCUT2D eigenvalue weighted by Gasteiger charge is 2.18. The molecular weight excluding hydrogens is 326 g/mol. The first-order valence-electron chi connectivity index (χ1n) is 8.81. The number of benzene rings is 2. The fourth-order valence-electron chi connectivity index (χ4n) is 3.33. The minimum atomic E-state index is -0.0352. The van der Waals surface area contributed by atoms with Crippen molar-refractivity contribution in [1.29, 1.82) is 0 Å². The zero-order chi connectivity index (χ0) is 17.9. The van der Waals surface area contributed by atoms with Crippen molar-refractivity contribution in [1.82, 2.24) is 9.55 Å². The van der Waals surface area contributed by atoms with Crippen LogP contribution >= 0.6 is 0 Å². The van der Waals surface area contributed by atoms with Gasteiger partial charge in [0.2, 0.25) is 0 Å². The highest BCUT2D eigenvalue weighted by atomic mass is 16.5. The molecule has 0 bridgehead atoms. The van der Waals surface area contributed by atoms with Crippen LogP contribution in [0.15, 0.2) is 60.9 Å². The third-order valence-electron chi connectivity index (χ3n) is 4.63. The number of hydrogen-bond donors (Lipinski definition) is 0. The molecule has 4 rings (SSSR count). The van der Waals surface area contributed by atoms with Crippen LogP contribution in [-0.2, 0) is 4.74 Å². The molecule has 1 saturated heterocycles. The molecule has 5 nitrogen and oxygen atoms in total. The number of carbonyl (C=O) groups excluding carboxylic acids is 1. The molecule has 0 N–H and O–H groups in total. The van der Waals surface area contributed by atoms with E-state index in [-0.39, 0.29) is 5.78 Å². The monoisotopic (exact) mass is 347 g/mol. The highest BCUT2D eigenvalue weighted by Crippen LogP contribution is 2.28. The van der Waals surface area contributed by atoms with Crippen molar-refractivity contribution in [2.75, 3.05) is 31.2 Å². The second kappa shape index (κ2) is 7.14. The van der Waals surface area contributed by atoms with E-state index in [0.29, 0.717) is 5.69 Å². The Morgan fingerprint density at radius 1 is 1.00 bits per heavy atom. The summed E-state index contributed by atoms with van der Waals surface area (Å²) in [6.45, 7) is 4.83. The molecule has 0 amide bonds. The molecule has 26 heavy (non-hydrogen) atoms. The van der Waals surface area contributed by atoms with E-state index in [1.54, 1.807) is 13.3 Å². The molecule has 5 heteroatoms. The summed E-state index contributed by atoms with van der Waals surface area (Å²) in [5, 5.41) is 0. The largest absolute Gasteiger partial charge is 0.378 e. The number of rotatable bonds is 4. The number of hydrogen-bond acceptors (Lipinski definition) is 4. The fourth-order valence-corrected chi connectivity index (χ4v) is 3.33.